The highest BCUT2D eigenvalue weighted by molar-refractivity contribution is 5.85. The summed E-state index contributed by atoms with van der Waals surface area (Å²) in [5.41, 5.74) is 3.53. The van der Waals surface area contributed by atoms with E-state index in [-0.39, 0.29) is 12.4 Å². The first-order valence-corrected chi connectivity index (χ1v) is 8.26. The predicted molar refractivity (Wildman–Crippen MR) is 96.9 cm³/mol. The van der Waals surface area contributed by atoms with Gasteiger partial charge in [0, 0.05) is 37.3 Å². The van der Waals surface area contributed by atoms with Crippen LogP contribution in [0.4, 0.5) is 0 Å². The first-order chi connectivity index (χ1) is 11.2. The molecular formula is C18H26ClN3O2. The third-order valence-corrected chi connectivity index (χ3v) is 4.61. The molecule has 1 fully saturated rings. The molecule has 1 saturated heterocycles. The number of hydrogen-bond acceptors (Lipinski definition) is 5. The van der Waals surface area contributed by atoms with Gasteiger partial charge >= 0.3 is 0 Å². The number of rotatable bonds is 5. The lowest BCUT2D eigenvalue weighted by Gasteiger charge is -2.37. The zero-order valence-corrected chi connectivity index (χ0v) is 15.4. The van der Waals surface area contributed by atoms with Crippen LogP contribution in [0.1, 0.15) is 35.5 Å². The van der Waals surface area contributed by atoms with Gasteiger partial charge in [0.05, 0.1) is 18.8 Å². The van der Waals surface area contributed by atoms with Crippen LogP contribution in [0.5, 0.6) is 5.75 Å². The Balaban J connectivity index is 0.00000208. The zero-order valence-electron chi connectivity index (χ0n) is 14.5. The molecule has 0 radical (unpaired) electrons. The lowest BCUT2D eigenvalue weighted by atomic mass is 10.0. The van der Waals surface area contributed by atoms with E-state index in [4.69, 9.17) is 9.26 Å². The molecule has 1 aliphatic rings. The third-order valence-electron chi connectivity index (χ3n) is 4.61. The molecule has 1 unspecified atom stereocenters. The predicted octanol–water partition coefficient (Wildman–Crippen LogP) is 3.12. The van der Waals surface area contributed by atoms with Crippen LogP contribution in [-0.4, -0.2) is 36.8 Å². The third kappa shape index (κ3) is 3.74. The summed E-state index contributed by atoms with van der Waals surface area (Å²) in [6.07, 6.45) is 0.901. The fourth-order valence-corrected chi connectivity index (χ4v) is 3.30. The maximum Gasteiger partial charge on any atom is 0.138 e. The summed E-state index contributed by atoms with van der Waals surface area (Å²) in [5.74, 6) is 1.88. The first kappa shape index (κ1) is 18.8. The van der Waals surface area contributed by atoms with E-state index in [9.17, 15) is 0 Å². The van der Waals surface area contributed by atoms with Crippen molar-refractivity contribution in [1.29, 1.82) is 0 Å². The van der Waals surface area contributed by atoms with Gasteiger partial charge in [-0.25, -0.2) is 0 Å². The molecule has 1 N–H and O–H groups in total. The smallest absolute Gasteiger partial charge is 0.138 e. The second-order valence-electron chi connectivity index (χ2n) is 5.95. The summed E-state index contributed by atoms with van der Waals surface area (Å²) < 4.78 is 11.0. The van der Waals surface area contributed by atoms with E-state index in [0.717, 1.165) is 49.8 Å². The number of halogens is 1. The van der Waals surface area contributed by atoms with Crippen molar-refractivity contribution in [2.75, 3.05) is 26.7 Å². The number of nitrogens with one attached hydrogen (secondary N) is 1. The summed E-state index contributed by atoms with van der Waals surface area (Å²) in [7, 11) is 1.73. The molecule has 1 atom stereocenters. The molecule has 2 heterocycles. The number of aryl methyl sites for hydroxylation is 2. The van der Waals surface area contributed by atoms with Crippen LogP contribution in [0, 0.1) is 6.92 Å². The van der Waals surface area contributed by atoms with Crippen molar-refractivity contribution in [3.8, 4) is 5.75 Å². The number of aromatic nitrogens is 1. The summed E-state index contributed by atoms with van der Waals surface area (Å²) in [6, 6.07) is 8.57. The second kappa shape index (κ2) is 8.51. The first-order valence-electron chi connectivity index (χ1n) is 8.26. The standard InChI is InChI=1S/C18H25N3O2.ClH/c1-4-16-15(13(2)23-20-16)12-21-10-9-19-11-17(21)14-7-5-6-8-18(14)22-3;/h5-8,17,19H,4,9-12H2,1-3H3;1H. The van der Waals surface area contributed by atoms with Crippen LogP contribution >= 0.6 is 12.4 Å². The normalized spacial score (nSPS) is 18.2. The molecule has 0 amide bonds. The van der Waals surface area contributed by atoms with E-state index in [0.29, 0.717) is 6.04 Å². The molecule has 1 aromatic carbocycles. The molecule has 6 heteroatoms. The monoisotopic (exact) mass is 351 g/mol. The summed E-state index contributed by atoms with van der Waals surface area (Å²) in [4.78, 5) is 2.49. The Labute approximate surface area is 149 Å². The van der Waals surface area contributed by atoms with Crippen molar-refractivity contribution in [2.24, 2.45) is 0 Å². The Hall–Kier alpha value is -1.56. The zero-order chi connectivity index (χ0) is 16.2. The van der Waals surface area contributed by atoms with Gasteiger partial charge in [-0.15, -0.1) is 12.4 Å². The van der Waals surface area contributed by atoms with E-state index in [2.05, 4.69) is 34.4 Å². The van der Waals surface area contributed by atoms with Gasteiger partial charge in [0.1, 0.15) is 11.5 Å². The molecule has 24 heavy (non-hydrogen) atoms. The molecule has 0 aliphatic carbocycles. The Morgan fingerprint density at radius 2 is 2.17 bits per heavy atom. The largest absolute Gasteiger partial charge is 0.496 e. The number of piperazine rings is 1. The van der Waals surface area contributed by atoms with Gasteiger partial charge in [-0.1, -0.05) is 30.3 Å². The van der Waals surface area contributed by atoms with Crippen LogP contribution < -0.4 is 10.1 Å². The molecule has 2 aromatic rings. The van der Waals surface area contributed by atoms with E-state index < -0.39 is 0 Å². The van der Waals surface area contributed by atoms with Crippen molar-refractivity contribution in [1.82, 2.24) is 15.4 Å². The number of benzene rings is 1. The molecular weight excluding hydrogens is 326 g/mol. The fourth-order valence-electron chi connectivity index (χ4n) is 3.30. The molecule has 0 bridgehead atoms. The number of nitrogens with zero attached hydrogens (tertiary/aromatic N) is 2. The Morgan fingerprint density at radius 3 is 2.92 bits per heavy atom. The van der Waals surface area contributed by atoms with E-state index >= 15 is 0 Å². The second-order valence-corrected chi connectivity index (χ2v) is 5.95. The van der Waals surface area contributed by atoms with Crippen LogP contribution in [0.3, 0.4) is 0 Å². The van der Waals surface area contributed by atoms with Gasteiger partial charge in [0.15, 0.2) is 0 Å². The van der Waals surface area contributed by atoms with Gasteiger partial charge in [0.25, 0.3) is 0 Å². The summed E-state index contributed by atoms with van der Waals surface area (Å²) >= 11 is 0. The van der Waals surface area contributed by atoms with Crippen molar-refractivity contribution < 1.29 is 9.26 Å². The maximum atomic E-state index is 5.57. The van der Waals surface area contributed by atoms with Crippen molar-refractivity contribution in [2.45, 2.75) is 32.9 Å². The lowest BCUT2D eigenvalue weighted by molar-refractivity contribution is 0.150. The Bertz CT molecular complexity index is 659. The minimum atomic E-state index is 0. The van der Waals surface area contributed by atoms with Crippen molar-refractivity contribution >= 4 is 12.4 Å². The van der Waals surface area contributed by atoms with Crippen LogP contribution in [0.25, 0.3) is 0 Å². The van der Waals surface area contributed by atoms with Gasteiger partial charge in [-0.05, 0) is 19.4 Å². The number of ether oxygens (including phenoxy) is 1. The number of hydrogen-bond donors (Lipinski definition) is 1. The van der Waals surface area contributed by atoms with Gasteiger partial charge < -0.3 is 14.6 Å². The number of methoxy groups -OCH3 is 1. The highest BCUT2D eigenvalue weighted by Gasteiger charge is 2.28. The molecule has 5 nitrogen and oxygen atoms in total. The van der Waals surface area contributed by atoms with E-state index in [1.807, 2.05) is 19.1 Å². The molecule has 132 valence electrons. The molecule has 0 saturated carbocycles. The topological polar surface area (TPSA) is 50.5 Å². The average molecular weight is 352 g/mol. The minimum absolute atomic E-state index is 0. The maximum absolute atomic E-state index is 5.57. The van der Waals surface area contributed by atoms with Crippen LogP contribution in [0.2, 0.25) is 0 Å². The Morgan fingerprint density at radius 1 is 1.38 bits per heavy atom. The van der Waals surface area contributed by atoms with Gasteiger partial charge in [-0.2, -0.15) is 0 Å². The fraction of sp³-hybridized carbons (Fsp3) is 0.500. The molecule has 1 aromatic heterocycles. The average Bonchev–Trinajstić information content (AvgIpc) is 2.95. The number of para-hydroxylation sites is 1. The van der Waals surface area contributed by atoms with Gasteiger partial charge in [-0.3, -0.25) is 4.90 Å². The van der Waals surface area contributed by atoms with Crippen LogP contribution in [-0.2, 0) is 13.0 Å². The molecule has 1 aliphatic heterocycles. The Kier molecular flexibility index (Phi) is 6.66. The van der Waals surface area contributed by atoms with Gasteiger partial charge in [0.2, 0.25) is 0 Å². The highest BCUT2D eigenvalue weighted by Crippen LogP contribution is 2.32. The highest BCUT2D eigenvalue weighted by atomic mass is 35.5. The minimum Gasteiger partial charge on any atom is -0.496 e. The van der Waals surface area contributed by atoms with Crippen molar-refractivity contribution in [3.63, 3.8) is 0 Å². The summed E-state index contributed by atoms with van der Waals surface area (Å²) in [5, 5.41) is 7.69. The quantitative estimate of drug-likeness (QED) is 0.896. The SMILES string of the molecule is CCc1noc(C)c1CN1CCNCC1c1ccccc1OC.Cl. The summed E-state index contributed by atoms with van der Waals surface area (Å²) in [6.45, 7) is 7.90. The van der Waals surface area contributed by atoms with E-state index in [1.54, 1.807) is 7.11 Å². The molecule has 0 spiro atoms. The van der Waals surface area contributed by atoms with Crippen LogP contribution in [0.15, 0.2) is 28.8 Å². The lowest BCUT2D eigenvalue weighted by Crippen LogP contribution is -2.45. The molecule has 3 rings (SSSR count). The van der Waals surface area contributed by atoms with E-state index in [1.165, 1.54) is 11.1 Å². The van der Waals surface area contributed by atoms with Crippen molar-refractivity contribution in [3.05, 3.63) is 46.8 Å².